The van der Waals surface area contributed by atoms with Crippen molar-refractivity contribution in [2.45, 2.75) is 37.5 Å². The zero-order valence-corrected chi connectivity index (χ0v) is 17.5. The molecule has 0 aliphatic carbocycles. The fraction of sp³-hybridized carbons (Fsp3) is 0.333. The number of nitrogen functional groups attached to an aromatic ring is 1. The van der Waals surface area contributed by atoms with Crippen molar-refractivity contribution in [1.29, 1.82) is 5.41 Å². The van der Waals surface area contributed by atoms with Crippen LogP contribution in [0.1, 0.15) is 30.6 Å². The summed E-state index contributed by atoms with van der Waals surface area (Å²) in [7, 11) is 0. The number of nitrogens with zero attached hydrogens (tertiary/aromatic N) is 3. The van der Waals surface area contributed by atoms with E-state index in [0.29, 0.717) is 35.1 Å². The minimum Gasteiger partial charge on any atom is -0.465 e. The first-order valence-electron chi connectivity index (χ1n) is 10.2. The summed E-state index contributed by atoms with van der Waals surface area (Å²) in [6.07, 6.45) is 4.19. The monoisotopic (exact) mass is 443 g/mol. The molecule has 2 atom stereocenters. The van der Waals surface area contributed by atoms with E-state index in [2.05, 4.69) is 20.6 Å². The van der Waals surface area contributed by atoms with Crippen LogP contribution in [0, 0.1) is 11.2 Å². The molecule has 1 aromatic carbocycles. The van der Waals surface area contributed by atoms with Crippen LogP contribution in [-0.2, 0) is 12.2 Å². The molecule has 162 valence electrons. The molecular weight excluding hydrogens is 421 g/mol. The largest absolute Gasteiger partial charge is 0.465 e. The van der Waals surface area contributed by atoms with Gasteiger partial charge in [0, 0.05) is 35.7 Å². The summed E-state index contributed by atoms with van der Waals surface area (Å²) in [5.41, 5.74) is 8.92. The molecule has 0 saturated carbocycles. The topological polar surface area (TPSA) is 108 Å². The Hall–Kier alpha value is -3.04. The van der Waals surface area contributed by atoms with Crippen LogP contribution in [-0.4, -0.2) is 27.1 Å². The van der Waals surface area contributed by atoms with Gasteiger partial charge in [-0.2, -0.15) is 4.98 Å². The van der Waals surface area contributed by atoms with Crippen LogP contribution in [0.15, 0.2) is 47.1 Å². The molecule has 8 nitrogen and oxygen atoms in total. The fourth-order valence-corrected chi connectivity index (χ4v) is 4.80. The van der Waals surface area contributed by atoms with Gasteiger partial charge in [-0.1, -0.05) is 17.7 Å². The summed E-state index contributed by atoms with van der Waals surface area (Å²) >= 11 is 6.28. The molecule has 31 heavy (non-hydrogen) atoms. The van der Waals surface area contributed by atoms with Gasteiger partial charge >= 0.3 is 0 Å². The van der Waals surface area contributed by atoms with Crippen LogP contribution in [0.5, 0.6) is 0 Å². The van der Waals surface area contributed by atoms with Gasteiger partial charge in [-0.3, -0.25) is 15.7 Å². The molecular formula is C21H23ClFN7O. The minimum atomic E-state index is -0.798. The number of anilines is 2. The molecule has 4 heterocycles. The standard InChI is InChI=1S/C21H23ClFN7O/c22-15-5-1-6-16(23)14(15)12-29-8-2-4-13(29)11-21(17-7-3-9-31-17)27-19-10-18(24)26-20(25)30(19)28-21/h1,3,5-7,9-10,13,27-28H,2,4,8,11-12H2,(H3,24,25,26). The van der Waals surface area contributed by atoms with Crippen LogP contribution in [0.25, 0.3) is 0 Å². The lowest BCUT2D eigenvalue weighted by Gasteiger charge is -2.34. The van der Waals surface area contributed by atoms with Crippen molar-refractivity contribution in [3.8, 4) is 0 Å². The summed E-state index contributed by atoms with van der Waals surface area (Å²) in [5, 5.41) is 12.1. The van der Waals surface area contributed by atoms with Gasteiger partial charge in [0.05, 0.1) is 6.26 Å². The number of nitrogens with one attached hydrogen (secondary N) is 3. The van der Waals surface area contributed by atoms with E-state index in [9.17, 15) is 4.39 Å². The van der Waals surface area contributed by atoms with Crippen LogP contribution in [0.4, 0.5) is 16.0 Å². The predicted octanol–water partition coefficient (Wildman–Crippen LogP) is 3.21. The van der Waals surface area contributed by atoms with Crippen molar-refractivity contribution in [3.63, 3.8) is 0 Å². The van der Waals surface area contributed by atoms with E-state index in [1.165, 1.54) is 6.07 Å². The molecule has 5 N–H and O–H groups in total. The first-order chi connectivity index (χ1) is 14.9. The molecule has 2 aliphatic rings. The van der Waals surface area contributed by atoms with Crippen molar-refractivity contribution in [1.82, 2.24) is 14.6 Å². The van der Waals surface area contributed by atoms with E-state index >= 15 is 0 Å². The van der Waals surface area contributed by atoms with E-state index in [1.807, 2.05) is 12.1 Å². The van der Waals surface area contributed by atoms with E-state index in [-0.39, 0.29) is 23.3 Å². The number of hydrogen-bond donors (Lipinski definition) is 4. The van der Waals surface area contributed by atoms with Gasteiger partial charge in [-0.05, 0) is 43.7 Å². The third-order valence-corrected chi connectivity index (χ3v) is 6.38. The molecule has 10 heteroatoms. The van der Waals surface area contributed by atoms with E-state index in [1.54, 1.807) is 29.1 Å². The molecule has 5 rings (SSSR count). The molecule has 0 spiro atoms. The highest BCUT2D eigenvalue weighted by atomic mass is 35.5. The normalized spacial score (nSPS) is 22.8. The number of nitrogens with two attached hydrogens (primary N) is 1. The summed E-state index contributed by atoms with van der Waals surface area (Å²) in [4.78, 5) is 6.27. The number of likely N-dealkylation sites (tertiary alicyclic amines) is 1. The Bertz CT molecular complexity index is 1140. The maximum atomic E-state index is 14.4. The van der Waals surface area contributed by atoms with Crippen molar-refractivity contribution < 1.29 is 8.81 Å². The highest BCUT2D eigenvalue weighted by molar-refractivity contribution is 6.31. The third kappa shape index (κ3) is 3.53. The van der Waals surface area contributed by atoms with Crippen LogP contribution in [0.2, 0.25) is 5.02 Å². The number of benzene rings is 1. The van der Waals surface area contributed by atoms with Crippen molar-refractivity contribution in [2.24, 2.45) is 0 Å². The Kier molecular flexibility index (Phi) is 4.86. The number of aromatic nitrogens is 2. The maximum absolute atomic E-state index is 14.4. The van der Waals surface area contributed by atoms with Crippen LogP contribution < -0.4 is 22.1 Å². The first kappa shape index (κ1) is 19.9. The second kappa shape index (κ2) is 7.58. The van der Waals surface area contributed by atoms with Gasteiger partial charge < -0.3 is 15.5 Å². The quantitative estimate of drug-likeness (QED) is 0.482. The zero-order valence-electron chi connectivity index (χ0n) is 16.7. The molecule has 0 amide bonds. The van der Waals surface area contributed by atoms with Crippen molar-refractivity contribution in [2.75, 3.05) is 23.0 Å². The number of rotatable bonds is 5. The van der Waals surface area contributed by atoms with E-state index in [4.69, 9.17) is 27.2 Å². The second-order valence-electron chi connectivity index (χ2n) is 8.02. The molecule has 1 fully saturated rings. The average molecular weight is 444 g/mol. The summed E-state index contributed by atoms with van der Waals surface area (Å²) in [5.74, 6) is 1.29. The Morgan fingerprint density at radius 2 is 2.23 bits per heavy atom. The number of halogens is 2. The number of hydrogen-bond acceptors (Lipinski definition) is 7. The summed E-state index contributed by atoms with van der Waals surface area (Å²) < 4.78 is 21.7. The highest BCUT2D eigenvalue weighted by Gasteiger charge is 2.45. The van der Waals surface area contributed by atoms with Gasteiger partial charge in [0.25, 0.3) is 0 Å². The van der Waals surface area contributed by atoms with Crippen molar-refractivity contribution in [3.05, 3.63) is 70.4 Å². The SMILES string of the molecule is N=c1nc(N)cc2n1NC(CC1CCCN1Cc1c(F)cccc1Cl)(c1ccco1)N2. The average Bonchev–Trinajstić information content (AvgIpc) is 3.46. The summed E-state index contributed by atoms with van der Waals surface area (Å²) in [6.45, 7) is 1.28. The lowest BCUT2D eigenvalue weighted by Crippen LogP contribution is -2.47. The van der Waals surface area contributed by atoms with E-state index in [0.717, 1.165) is 19.4 Å². The zero-order chi connectivity index (χ0) is 21.6. The number of furan rings is 1. The van der Waals surface area contributed by atoms with Gasteiger partial charge in [-0.25, -0.2) is 9.07 Å². The molecule has 1 saturated heterocycles. The Morgan fingerprint density at radius 1 is 1.35 bits per heavy atom. The maximum Gasteiger partial charge on any atom is 0.244 e. The van der Waals surface area contributed by atoms with Crippen molar-refractivity contribution >= 4 is 23.2 Å². The molecule has 3 aromatic rings. The molecule has 2 aromatic heterocycles. The molecule has 2 unspecified atom stereocenters. The second-order valence-corrected chi connectivity index (χ2v) is 8.42. The first-order valence-corrected chi connectivity index (χ1v) is 10.5. The Morgan fingerprint density at radius 3 is 3.00 bits per heavy atom. The Balaban J connectivity index is 1.45. The van der Waals surface area contributed by atoms with Gasteiger partial charge in [0.15, 0.2) is 11.4 Å². The minimum absolute atomic E-state index is 0.00246. The van der Waals surface area contributed by atoms with E-state index < -0.39 is 5.66 Å². The molecule has 2 aliphatic heterocycles. The lowest BCUT2D eigenvalue weighted by atomic mass is 9.96. The van der Waals surface area contributed by atoms with Gasteiger partial charge in [0.1, 0.15) is 17.5 Å². The summed E-state index contributed by atoms with van der Waals surface area (Å²) in [6, 6.07) is 10.3. The van der Waals surface area contributed by atoms with Gasteiger partial charge in [0.2, 0.25) is 5.62 Å². The Labute approximate surface area is 183 Å². The highest BCUT2D eigenvalue weighted by Crippen LogP contribution is 2.38. The molecule has 0 radical (unpaired) electrons. The smallest absolute Gasteiger partial charge is 0.244 e. The van der Waals surface area contributed by atoms with Crippen LogP contribution >= 0.6 is 11.6 Å². The number of fused-ring (bicyclic) bond motifs is 1. The third-order valence-electron chi connectivity index (χ3n) is 6.02. The van der Waals surface area contributed by atoms with Gasteiger partial charge in [-0.15, -0.1) is 0 Å². The molecule has 0 bridgehead atoms. The lowest BCUT2D eigenvalue weighted by molar-refractivity contribution is 0.199. The van der Waals surface area contributed by atoms with Crippen LogP contribution in [0.3, 0.4) is 0 Å². The fourth-order valence-electron chi connectivity index (χ4n) is 4.58. The predicted molar refractivity (Wildman–Crippen MR) is 115 cm³/mol.